The molecule has 4 rings (SSSR count). The van der Waals surface area contributed by atoms with Gasteiger partial charge in [-0.25, -0.2) is 4.39 Å². The number of rotatable bonds is 3. The first-order valence-electron chi connectivity index (χ1n) is 8.68. The molecule has 128 valence electrons. The molecular formula is C19H24FN3O. The van der Waals surface area contributed by atoms with E-state index in [2.05, 4.69) is 27.4 Å². The van der Waals surface area contributed by atoms with E-state index < -0.39 is 0 Å². The Morgan fingerprint density at radius 3 is 2.71 bits per heavy atom. The van der Waals surface area contributed by atoms with Crippen LogP contribution in [0.4, 0.5) is 4.39 Å². The third-order valence-electron chi connectivity index (χ3n) is 5.38. The lowest BCUT2D eigenvalue weighted by atomic mass is 10.1. The average Bonchev–Trinajstić information content (AvgIpc) is 3.14. The van der Waals surface area contributed by atoms with Crippen molar-refractivity contribution in [3.63, 3.8) is 0 Å². The number of hydrogen-bond acceptors (Lipinski definition) is 3. The van der Waals surface area contributed by atoms with Gasteiger partial charge < -0.3 is 9.67 Å². The number of aliphatic hydroxyl groups is 1. The van der Waals surface area contributed by atoms with Crippen molar-refractivity contribution in [1.82, 2.24) is 14.4 Å². The fraction of sp³-hybridized carbons (Fsp3) is 0.474. The van der Waals surface area contributed by atoms with E-state index in [4.69, 9.17) is 0 Å². The number of piperazine rings is 1. The number of nitrogens with zero attached hydrogens (tertiary/aromatic N) is 3. The zero-order chi connectivity index (χ0) is 16.7. The van der Waals surface area contributed by atoms with Crippen molar-refractivity contribution in [3.05, 3.63) is 54.1 Å². The number of halogens is 1. The largest absolute Gasteiger partial charge is 0.392 e. The smallest absolute Gasteiger partial charge is 0.123 e. The molecule has 3 heterocycles. The van der Waals surface area contributed by atoms with Crippen LogP contribution < -0.4 is 0 Å². The third kappa shape index (κ3) is 2.99. The first kappa shape index (κ1) is 15.8. The molecule has 3 atom stereocenters. The van der Waals surface area contributed by atoms with Crippen LogP contribution in [0, 0.1) is 5.82 Å². The van der Waals surface area contributed by atoms with E-state index in [1.54, 1.807) is 0 Å². The number of benzene rings is 1. The minimum Gasteiger partial charge on any atom is -0.392 e. The van der Waals surface area contributed by atoms with Crippen LogP contribution in [0.1, 0.15) is 19.0 Å². The molecule has 5 heteroatoms. The molecule has 0 unspecified atom stereocenters. The summed E-state index contributed by atoms with van der Waals surface area (Å²) in [7, 11) is 0. The summed E-state index contributed by atoms with van der Waals surface area (Å²) in [5.74, 6) is -0.211. The highest BCUT2D eigenvalue weighted by Crippen LogP contribution is 2.26. The summed E-state index contributed by atoms with van der Waals surface area (Å²) in [6.07, 6.45) is 2.73. The third-order valence-corrected chi connectivity index (χ3v) is 5.38. The van der Waals surface area contributed by atoms with E-state index in [1.807, 2.05) is 24.4 Å². The van der Waals surface area contributed by atoms with Gasteiger partial charge in [0.15, 0.2) is 0 Å². The van der Waals surface area contributed by atoms with Gasteiger partial charge in [-0.3, -0.25) is 9.80 Å². The highest BCUT2D eigenvalue weighted by atomic mass is 19.1. The van der Waals surface area contributed by atoms with Gasteiger partial charge in [-0.1, -0.05) is 0 Å². The maximum Gasteiger partial charge on any atom is 0.123 e. The summed E-state index contributed by atoms with van der Waals surface area (Å²) in [6.45, 7) is 5.94. The molecule has 0 aliphatic carbocycles. The summed E-state index contributed by atoms with van der Waals surface area (Å²) in [5.41, 5.74) is 2.19. The van der Waals surface area contributed by atoms with Crippen LogP contribution in [-0.4, -0.2) is 57.3 Å². The van der Waals surface area contributed by atoms with Crippen LogP contribution in [0.15, 0.2) is 42.6 Å². The van der Waals surface area contributed by atoms with Gasteiger partial charge in [0, 0.05) is 55.8 Å². The van der Waals surface area contributed by atoms with Crippen molar-refractivity contribution < 1.29 is 9.50 Å². The molecule has 4 nitrogen and oxygen atoms in total. The molecule has 1 N–H and O–H groups in total. The molecule has 0 spiro atoms. The van der Waals surface area contributed by atoms with Gasteiger partial charge >= 0.3 is 0 Å². The Balaban J connectivity index is 1.52. The fourth-order valence-corrected chi connectivity index (χ4v) is 4.10. The maximum absolute atomic E-state index is 13.2. The van der Waals surface area contributed by atoms with E-state index in [-0.39, 0.29) is 11.9 Å². The Kier molecular flexibility index (Phi) is 4.16. The van der Waals surface area contributed by atoms with Gasteiger partial charge in [0.25, 0.3) is 0 Å². The van der Waals surface area contributed by atoms with Crippen molar-refractivity contribution in [2.24, 2.45) is 0 Å². The molecule has 2 saturated heterocycles. The summed E-state index contributed by atoms with van der Waals surface area (Å²) < 4.78 is 15.3. The summed E-state index contributed by atoms with van der Waals surface area (Å²) in [5, 5.41) is 9.91. The summed E-state index contributed by atoms with van der Waals surface area (Å²) >= 11 is 0. The standard InChI is InChI=1S/C19H24FN3O/c1-14-10-22-13-19(24)9-18(22)12-21(14)11-17-3-2-8-23(17)16-6-4-15(20)5-7-16/h2-8,14,18-19,24H,9-13H2,1H3/t14-,18-,19+/m0/s1. The van der Waals surface area contributed by atoms with Crippen molar-refractivity contribution in [3.8, 4) is 5.69 Å². The van der Waals surface area contributed by atoms with Gasteiger partial charge in [-0.2, -0.15) is 0 Å². The van der Waals surface area contributed by atoms with Crippen molar-refractivity contribution in [1.29, 1.82) is 0 Å². The van der Waals surface area contributed by atoms with Gasteiger partial charge in [-0.05, 0) is 49.7 Å². The Morgan fingerprint density at radius 2 is 1.92 bits per heavy atom. The van der Waals surface area contributed by atoms with Gasteiger partial charge in [0.05, 0.1) is 6.10 Å². The Hall–Kier alpha value is -1.69. The van der Waals surface area contributed by atoms with Crippen molar-refractivity contribution in [2.45, 2.75) is 38.1 Å². The van der Waals surface area contributed by atoms with Crippen LogP contribution in [-0.2, 0) is 6.54 Å². The molecule has 2 aliphatic rings. The van der Waals surface area contributed by atoms with Gasteiger partial charge in [0.1, 0.15) is 5.82 Å². The van der Waals surface area contributed by atoms with Crippen LogP contribution in [0.3, 0.4) is 0 Å². The lowest BCUT2D eigenvalue weighted by molar-refractivity contribution is 0.0517. The minimum atomic E-state index is -0.211. The SMILES string of the molecule is C[C@H]1CN2C[C@H](O)C[C@H]2CN1Cc1cccn1-c1ccc(F)cc1. The molecule has 1 aromatic carbocycles. The lowest BCUT2D eigenvalue weighted by Gasteiger charge is -2.42. The molecule has 24 heavy (non-hydrogen) atoms. The highest BCUT2D eigenvalue weighted by molar-refractivity contribution is 5.35. The monoisotopic (exact) mass is 329 g/mol. The number of fused-ring (bicyclic) bond motifs is 1. The second kappa shape index (κ2) is 6.31. The van der Waals surface area contributed by atoms with E-state index in [1.165, 1.54) is 17.8 Å². The topological polar surface area (TPSA) is 31.6 Å². The molecule has 2 aromatic rings. The van der Waals surface area contributed by atoms with E-state index in [0.29, 0.717) is 12.1 Å². The normalized spacial score (nSPS) is 28.2. The molecule has 0 radical (unpaired) electrons. The molecule has 0 bridgehead atoms. The molecule has 2 aliphatic heterocycles. The van der Waals surface area contributed by atoms with Crippen LogP contribution >= 0.6 is 0 Å². The van der Waals surface area contributed by atoms with Crippen LogP contribution in [0.2, 0.25) is 0 Å². The summed E-state index contributed by atoms with van der Waals surface area (Å²) in [4.78, 5) is 4.92. The highest BCUT2D eigenvalue weighted by Gasteiger charge is 2.38. The minimum absolute atomic E-state index is 0.176. The van der Waals surface area contributed by atoms with Gasteiger partial charge in [-0.15, -0.1) is 0 Å². The van der Waals surface area contributed by atoms with Crippen LogP contribution in [0.5, 0.6) is 0 Å². The molecule has 1 aromatic heterocycles. The predicted octanol–water partition coefficient (Wildman–Crippen LogP) is 2.26. The van der Waals surface area contributed by atoms with Crippen molar-refractivity contribution >= 4 is 0 Å². The van der Waals surface area contributed by atoms with E-state index >= 15 is 0 Å². The van der Waals surface area contributed by atoms with Crippen LogP contribution in [0.25, 0.3) is 5.69 Å². The molecule has 0 amide bonds. The second-order valence-corrected chi connectivity index (χ2v) is 7.12. The van der Waals surface area contributed by atoms with E-state index in [9.17, 15) is 9.50 Å². The summed E-state index contributed by atoms with van der Waals surface area (Å²) in [6, 6.07) is 11.7. The number of aromatic nitrogens is 1. The number of hydrogen-bond donors (Lipinski definition) is 1. The zero-order valence-corrected chi connectivity index (χ0v) is 14.0. The number of aliphatic hydroxyl groups excluding tert-OH is 1. The first-order chi connectivity index (χ1) is 11.6. The zero-order valence-electron chi connectivity index (χ0n) is 14.0. The maximum atomic E-state index is 13.2. The average molecular weight is 329 g/mol. The van der Waals surface area contributed by atoms with E-state index in [0.717, 1.165) is 38.3 Å². The Bertz CT molecular complexity index is 699. The second-order valence-electron chi connectivity index (χ2n) is 7.12. The Labute approximate surface area is 142 Å². The fourth-order valence-electron chi connectivity index (χ4n) is 4.10. The van der Waals surface area contributed by atoms with Crippen molar-refractivity contribution in [2.75, 3.05) is 19.6 Å². The predicted molar refractivity (Wildman–Crippen MR) is 91.6 cm³/mol. The Morgan fingerprint density at radius 1 is 1.12 bits per heavy atom. The molecule has 2 fully saturated rings. The first-order valence-corrected chi connectivity index (χ1v) is 8.68. The lowest BCUT2D eigenvalue weighted by Crippen LogP contribution is -2.54. The quantitative estimate of drug-likeness (QED) is 0.937. The van der Waals surface area contributed by atoms with Gasteiger partial charge in [0.2, 0.25) is 0 Å². The molecular weight excluding hydrogens is 305 g/mol. The molecule has 0 saturated carbocycles.